The molecule has 0 aliphatic rings. The summed E-state index contributed by atoms with van der Waals surface area (Å²) in [5.41, 5.74) is 5.71. The molecule has 0 saturated carbocycles. The first-order chi connectivity index (χ1) is 8.07. The number of likely N-dealkylation sites (N-methyl/N-ethyl adjacent to an activating group) is 1. The average molecular weight is 263 g/mol. The second-order valence-electron chi connectivity index (χ2n) is 4.09. The van der Waals surface area contributed by atoms with E-state index in [1.165, 1.54) is 0 Å². The van der Waals surface area contributed by atoms with Crippen LogP contribution in [0.4, 0.5) is 0 Å². The van der Waals surface area contributed by atoms with Crippen LogP contribution in [0.3, 0.4) is 0 Å². The summed E-state index contributed by atoms with van der Waals surface area (Å²) in [5, 5.41) is 2.77. The third-order valence-electron chi connectivity index (χ3n) is 2.20. The van der Waals surface area contributed by atoms with Gasteiger partial charge in [0, 0.05) is 13.1 Å². The standard InChI is InChI=1S/C11H25N3O2S/c1-14(2)6-8-16-7-5-13-11(15)10(12)4-9-17-3/h10H,4-9,12H2,1-3H3,(H,13,15)/t10-/m0/s1. The Morgan fingerprint density at radius 2 is 2.18 bits per heavy atom. The van der Waals surface area contributed by atoms with E-state index in [0.717, 1.165) is 12.3 Å². The molecule has 0 aliphatic heterocycles. The van der Waals surface area contributed by atoms with Crippen LogP contribution >= 0.6 is 11.8 Å². The van der Waals surface area contributed by atoms with Crippen LogP contribution in [0, 0.1) is 0 Å². The molecule has 3 N–H and O–H groups in total. The van der Waals surface area contributed by atoms with Crippen molar-refractivity contribution in [1.82, 2.24) is 10.2 Å². The molecule has 0 aliphatic carbocycles. The van der Waals surface area contributed by atoms with Crippen molar-refractivity contribution < 1.29 is 9.53 Å². The Hall–Kier alpha value is -0.300. The maximum Gasteiger partial charge on any atom is 0.237 e. The molecule has 0 heterocycles. The predicted octanol–water partition coefficient (Wildman–Crippen LogP) is -0.239. The van der Waals surface area contributed by atoms with Crippen molar-refractivity contribution in [3.8, 4) is 0 Å². The second-order valence-corrected chi connectivity index (χ2v) is 5.08. The van der Waals surface area contributed by atoms with E-state index < -0.39 is 6.04 Å². The molecule has 5 nitrogen and oxygen atoms in total. The van der Waals surface area contributed by atoms with Gasteiger partial charge >= 0.3 is 0 Å². The summed E-state index contributed by atoms with van der Waals surface area (Å²) in [4.78, 5) is 13.5. The molecule has 0 aromatic heterocycles. The molecule has 0 unspecified atom stereocenters. The Morgan fingerprint density at radius 1 is 1.47 bits per heavy atom. The van der Waals surface area contributed by atoms with Crippen LogP contribution in [0.5, 0.6) is 0 Å². The Labute approximate surface area is 108 Å². The van der Waals surface area contributed by atoms with Gasteiger partial charge in [-0.25, -0.2) is 0 Å². The molecule has 0 radical (unpaired) electrons. The van der Waals surface area contributed by atoms with Gasteiger partial charge in [-0.3, -0.25) is 4.79 Å². The van der Waals surface area contributed by atoms with E-state index in [2.05, 4.69) is 10.2 Å². The lowest BCUT2D eigenvalue weighted by molar-refractivity contribution is -0.122. The van der Waals surface area contributed by atoms with Crippen LogP contribution in [-0.4, -0.2) is 69.3 Å². The lowest BCUT2D eigenvalue weighted by atomic mass is 10.2. The number of carbonyl (C=O) groups is 1. The first kappa shape index (κ1) is 16.7. The number of thioether (sulfide) groups is 1. The third kappa shape index (κ3) is 10.6. The topological polar surface area (TPSA) is 67.6 Å². The number of ether oxygens (including phenoxy) is 1. The number of hydrogen-bond donors (Lipinski definition) is 2. The van der Waals surface area contributed by atoms with Crippen molar-refractivity contribution in [3.63, 3.8) is 0 Å². The van der Waals surface area contributed by atoms with Crippen LogP contribution in [0.15, 0.2) is 0 Å². The summed E-state index contributed by atoms with van der Waals surface area (Å²) in [6, 6.07) is -0.399. The number of carbonyl (C=O) groups excluding carboxylic acids is 1. The van der Waals surface area contributed by atoms with Gasteiger partial charge in [-0.05, 0) is 32.5 Å². The van der Waals surface area contributed by atoms with Crippen LogP contribution in [-0.2, 0) is 9.53 Å². The number of hydrogen-bond acceptors (Lipinski definition) is 5. The van der Waals surface area contributed by atoms with Gasteiger partial charge in [0.1, 0.15) is 0 Å². The fourth-order valence-corrected chi connectivity index (χ4v) is 1.59. The predicted molar refractivity (Wildman–Crippen MR) is 73.4 cm³/mol. The largest absolute Gasteiger partial charge is 0.378 e. The van der Waals surface area contributed by atoms with E-state index >= 15 is 0 Å². The van der Waals surface area contributed by atoms with Crippen molar-refractivity contribution in [2.45, 2.75) is 12.5 Å². The van der Waals surface area contributed by atoms with E-state index in [9.17, 15) is 4.79 Å². The minimum absolute atomic E-state index is 0.0877. The Balaban J connectivity index is 3.38. The number of rotatable bonds is 10. The monoisotopic (exact) mass is 263 g/mol. The molecule has 0 rings (SSSR count). The van der Waals surface area contributed by atoms with Gasteiger partial charge in [0.2, 0.25) is 5.91 Å². The summed E-state index contributed by atoms with van der Waals surface area (Å²) < 4.78 is 5.35. The van der Waals surface area contributed by atoms with Crippen molar-refractivity contribution in [1.29, 1.82) is 0 Å². The molecular formula is C11H25N3O2S. The molecule has 0 aromatic rings. The maximum absolute atomic E-state index is 11.5. The van der Waals surface area contributed by atoms with Gasteiger partial charge < -0.3 is 20.7 Å². The number of nitrogens with one attached hydrogen (secondary N) is 1. The first-order valence-electron chi connectivity index (χ1n) is 5.82. The van der Waals surface area contributed by atoms with Gasteiger partial charge in [0.25, 0.3) is 0 Å². The molecule has 102 valence electrons. The molecular weight excluding hydrogens is 238 g/mol. The summed E-state index contributed by atoms with van der Waals surface area (Å²) in [7, 11) is 3.99. The molecule has 0 saturated heterocycles. The highest BCUT2D eigenvalue weighted by molar-refractivity contribution is 7.98. The number of nitrogens with two attached hydrogens (primary N) is 1. The maximum atomic E-state index is 11.5. The zero-order valence-corrected chi connectivity index (χ0v) is 11.9. The van der Waals surface area contributed by atoms with E-state index in [0.29, 0.717) is 26.2 Å². The van der Waals surface area contributed by atoms with Gasteiger partial charge in [0.05, 0.1) is 19.3 Å². The lowest BCUT2D eigenvalue weighted by Gasteiger charge is -2.12. The van der Waals surface area contributed by atoms with Crippen molar-refractivity contribution in [3.05, 3.63) is 0 Å². The molecule has 17 heavy (non-hydrogen) atoms. The fraction of sp³-hybridized carbons (Fsp3) is 0.909. The van der Waals surface area contributed by atoms with E-state index in [1.54, 1.807) is 11.8 Å². The van der Waals surface area contributed by atoms with Gasteiger partial charge in [0.15, 0.2) is 0 Å². The van der Waals surface area contributed by atoms with Crippen LogP contribution in [0.2, 0.25) is 0 Å². The number of amides is 1. The Kier molecular flexibility index (Phi) is 10.6. The van der Waals surface area contributed by atoms with E-state index in [1.807, 2.05) is 20.4 Å². The lowest BCUT2D eigenvalue weighted by Crippen LogP contribution is -2.42. The molecule has 0 bridgehead atoms. The summed E-state index contributed by atoms with van der Waals surface area (Å²) in [5.74, 6) is 0.823. The van der Waals surface area contributed by atoms with Crippen molar-refractivity contribution >= 4 is 17.7 Å². The van der Waals surface area contributed by atoms with Crippen molar-refractivity contribution in [2.24, 2.45) is 5.73 Å². The minimum Gasteiger partial charge on any atom is -0.378 e. The molecule has 1 amide bonds. The molecule has 0 spiro atoms. The normalized spacial score (nSPS) is 12.8. The highest BCUT2D eigenvalue weighted by Gasteiger charge is 2.11. The summed E-state index contributed by atoms with van der Waals surface area (Å²) >= 11 is 1.70. The summed E-state index contributed by atoms with van der Waals surface area (Å²) in [6.45, 7) is 2.64. The second kappa shape index (κ2) is 10.8. The van der Waals surface area contributed by atoms with Gasteiger partial charge in [-0.2, -0.15) is 11.8 Å². The number of nitrogens with zero attached hydrogens (tertiary/aromatic N) is 1. The zero-order valence-electron chi connectivity index (χ0n) is 11.1. The molecule has 6 heteroatoms. The van der Waals surface area contributed by atoms with Crippen LogP contribution < -0.4 is 11.1 Å². The third-order valence-corrected chi connectivity index (χ3v) is 2.84. The Morgan fingerprint density at radius 3 is 2.76 bits per heavy atom. The van der Waals surface area contributed by atoms with Crippen LogP contribution in [0.1, 0.15) is 6.42 Å². The van der Waals surface area contributed by atoms with Crippen molar-refractivity contribution in [2.75, 3.05) is 52.4 Å². The highest BCUT2D eigenvalue weighted by atomic mass is 32.2. The van der Waals surface area contributed by atoms with Gasteiger partial charge in [-0.15, -0.1) is 0 Å². The summed E-state index contributed by atoms with van der Waals surface area (Å²) in [6.07, 6.45) is 2.72. The smallest absolute Gasteiger partial charge is 0.237 e. The Bertz CT molecular complexity index is 203. The van der Waals surface area contributed by atoms with Gasteiger partial charge in [-0.1, -0.05) is 0 Å². The fourth-order valence-electron chi connectivity index (χ4n) is 1.10. The SMILES string of the molecule is CSCC[C@H](N)C(=O)NCCOCCN(C)C. The molecule has 1 atom stereocenters. The first-order valence-corrected chi connectivity index (χ1v) is 7.22. The van der Waals surface area contributed by atoms with Crippen LogP contribution in [0.25, 0.3) is 0 Å². The van der Waals surface area contributed by atoms with E-state index in [4.69, 9.17) is 10.5 Å². The molecule has 0 aromatic carbocycles. The quantitative estimate of drug-likeness (QED) is 0.533. The zero-order chi connectivity index (χ0) is 13.1. The average Bonchev–Trinajstić information content (AvgIpc) is 2.29. The van der Waals surface area contributed by atoms with E-state index in [-0.39, 0.29) is 5.91 Å². The minimum atomic E-state index is -0.399. The highest BCUT2D eigenvalue weighted by Crippen LogP contribution is 1.98. The molecule has 0 fully saturated rings.